The molecule has 0 amide bonds. The number of hydrogen-bond donors (Lipinski definition) is 0. The minimum absolute atomic E-state index is 0.170. The Balaban J connectivity index is 2.23. The Kier molecular flexibility index (Phi) is 5.47. The summed E-state index contributed by atoms with van der Waals surface area (Å²) in [5.74, 6) is -0.716. The van der Waals surface area contributed by atoms with Gasteiger partial charge in [-0.1, -0.05) is 11.6 Å². The molecule has 1 aromatic carbocycles. The average molecular weight is 346 g/mol. The van der Waals surface area contributed by atoms with Crippen molar-refractivity contribution in [2.24, 2.45) is 5.92 Å². The van der Waals surface area contributed by atoms with E-state index in [1.807, 2.05) is 0 Å². The molecule has 7 heteroatoms. The molecule has 0 spiro atoms. The molecule has 122 valence electrons. The number of benzene rings is 1. The third-order valence-electron chi connectivity index (χ3n) is 3.76. The van der Waals surface area contributed by atoms with Crippen molar-refractivity contribution in [2.45, 2.75) is 31.6 Å². The summed E-state index contributed by atoms with van der Waals surface area (Å²) in [7, 11) is -3.62. The standard InChI is InChI=1S/C15H20ClNO4S/c1-3-21-15(18)12-5-4-8-17(10-12)22(19,20)14-7-6-13(16)9-11(14)2/h6-7,9,12H,3-5,8,10H2,1-2H3. The number of carbonyl (C=O) groups excluding carboxylic acids is 1. The Morgan fingerprint density at radius 3 is 2.82 bits per heavy atom. The lowest BCUT2D eigenvalue weighted by molar-refractivity contribution is -0.149. The number of esters is 1. The molecule has 0 aliphatic carbocycles. The number of sulfonamides is 1. The molecule has 0 bridgehead atoms. The molecule has 1 saturated heterocycles. The van der Waals surface area contributed by atoms with Crippen molar-refractivity contribution in [1.82, 2.24) is 4.31 Å². The Morgan fingerprint density at radius 2 is 2.18 bits per heavy atom. The lowest BCUT2D eigenvalue weighted by atomic mass is 10.0. The monoisotopic (exact) mass is 345 g/mol. The van der Waals surface area contributed by atoms with Crippen LogP contribution in [0.5, 0.6) is 0 Å². The van der Waals surface area contributed by atoms with E-state index in [0.29, 0.717) is 36.6 Å². The van der Waals surface area contributed by atoms with Crippen LogP contribution in [0.4, 0.5) is 0 Å². The van der Waals surface area contributed by atoms with Gasteiger partial charge in [0.2, 0.25) is 10.0 Å². The molecule has 0 N–H and O–H groups in total. The molecule has 1 aromatic rings. The highest BCUT2D eigenvalue weighted by molar-refractivity contribution is 7.89. The molecule has 1 aliphatic heterocycles. The molecule has 1 atom stereocenters. The zero-order valence-electron chi connectivity index (χ0n) is 12.7. The first kappa shape index (κ1) is 17.2. The maximum atomic E-state index is 12.8. The highest BCUT2D eigenvalue weighted by Crippen LogP contribution is 2.27. The van der Waals surface area contributed by atoms with E-state index in [0.717, 1.165) is 0 Å². The third-order valence-corrected chi connectivity index (χ3v) is 6.02. The first-order valence-electron chi connectivity index (χ1n) is 7.29. The van der Waals surface area contributed by atoms with Gasteiger partial charge >= 0.3 is 5.97 Å². The van der Waals surface area contributed by atoms with Gasteiger partial charge in [0.15, 0.2) is 0 Å². The summed E-state index contributed by atoms with van der Waals surface area (Å²) in [6.45, 7) is 4.35. The predicted octanol–water partition coefficient (Wildman–Crippen LogP) is 2.61. The number of aryl methyl sites for hydroxylation is 1. The second-order valence-corrected chi connectivity index (χ2v) is 7.71. The average Bonchev–Trinajstić information content (AvgIpc) is 2.47. The van der Waals surface area contributed by atoms with E-state index in [9.17, 15) is 13.2 Å². The second-order valence-electron chi connectivity index (χ2n) is 5.36. The normalized spacial score (nSPS) is 19.9. The Morgan fingerprint density at radius 1 is 1.45 bits per heavy atom. The minimum Gasteiger partial charge on any atom is -0.466 e. The molecular formula is C15H20ClNO4S. The summed E-state index contributed by atoms with van der Waals surface area (Å²) in [4.78, 5) is 12.1. The fourth-order valence-corrected chi connectivity index (χ4v) is 4.61. The smallest absolute Gasteiger partial charge is 0.310 e. The van der Waals surface area contributed by atoms with E-state index in [4.69, 9.17) is 16.3 Å². The highest BCUT2D eigenvalue weighted by Gasteiger charge is 2.34. The first-order valence-corrected chi connectivity index (χ1v) is 9.11. The molecule has 2 rings (SSSR count). The number of carbonyl (C=O) groups is 1. The van der Waals surface area contributed by atoms with E-state index >= 15 is 0 Å². The Bertz CT molecular complexity index is 660. The van der Waals surface area contributed by atoms with Crippen LogP contribution < -0.4 is 0 Å². The fraction of sp³-hybridized carbons (Fsp3) is 0.533. The quantitative estimate of drug-likeness (QED) is 0.787. The van der Waals surface area contributed by atoms with Crippen LogP contribution in [-0.4, -0.2) is 38.4 Å². The van der Waals surface area contributed by atoms with Gasteiger partial charge in [0.05, 0.1) is 17.4 Å². The van der Waals surface area contributed by atoms with Crippen molar-refractivity contribution in [3.63, 3.8) is 0 Å². The number of halogens is 1. The molecule has 1 aliphatic rings. The largest absolute Gasteiger partial charge is 0.466 e. The van der Waals surface area contributed by atoms with Gasteiger partial charge < -0.3 is 4.74 Å². The summed E-state index contributed by atoms with van der Waals surface area (Å²) >= 11 is 5.88. The fourth-order valence-electron chi connectivity index (χ4n) is 2.65. The van der Waals surface area contributed by atoms with Crippen LogP contribution in [-0.2, 0) is 19.6 Å². The van der Waals surface area contributed by atoms with E-state index < -0.39 is 15.9 Å². The summed E-state index contributed by atoms with van der Waals surface area (Å²) < 4.78 is 31.9. The molecule has 0 radical (unpaired) electrons. The number of rotatable bonds is 4. The van der Waals surface area contributed by atoms with Crippen LogP contribution in [0.3, 0.4) is 0 Å². The zero-order chi connectivity index (χ0) is 16.3. The van der Waals surface area contributed by atoms with Crippen LogP contribution in [0, 0.1) is 12.8 Å². The molecular weight excluding hydrogens is 326 g/mol. The third kappa shape index (κ3) is 3.62. The van der Waals surface area contributed by atoms with E-state index in [2.05, 4.69) is 0 Å². The van der Waals surface area contributed by atoms with E-state index in [1.165, 1.54) is 10.4 Å². The highest BCUT2D eigenvalue weighted by atomic mass is 35.5. The van der Waals surface area contributed by atoms with E-state index in [1.54, 1.807) is 26.0 Å². The number of piperidine rings is 1. The minimum atomic E-state index is -3.62. The van der Waals surface area contributed by atoms with Crippen molar-refractivity contribution in [1.29, 1.82) is 0 Å². The first-order chi connectivity index (χ1) is 10.4. The number of ether oxygens (including phenoxy) is 1. The molecule has 1 heterocycles. The van der Waals surface area contributed by atoms with Crippen LogP contribution in [0.1, 0.15) is 25.3 Å². The van der Waals surface area contributed by atoms with Crippen molar-refractivity contribution < 1.29 is 17.9 Å². The number of hydrogen-bond acceptors (Lipinski definition) is 4. The van der Waals surface area contributed by atoms with E-state index in [-0.39, 0.29) is 17.4 Å². The maximum absolute atomic E-state index is 12.8. The molecule has 1 fully saturated rings. The van der Waals surface area contributed by atoms with Gasteiger partial charge in [0, 0.05) is 18.1 Å². The van der Waals surface area contributed by atoms with Gasteiger partial charge in [0.25, 0.3) is 0 Å². The zero-order valence-corrected chi connectivity index (χ0v) is 14.3. The molecule has 0 aromatic heterocycles. The van der Waals surface area contributed by atoms with Gasteiger partial charge in [-0.25, -0.2) is 8.42 Å². The number of nitrogens with zero attached hydrogens (tertiary/aromatic N) is 1. The van der Waals surface area contributed by atoms with Gasteiger partial charge in [-0.15, -0.1) is 0 Å². The van der Waals surface area contributed by atoms with Gasteiger partial charge in [0.1, 0.15) is 0 Å². The van der Waals surface area contributed by atoms with Gasteiger partial charge in [-0.2, -0.15) is 4.31 Å². The molecule has 0 saturated carbocycles. The molecule has 5 nitrogen and oxygen atoms in total. The van der Waals surface area contributed by atoms with Crippen LogP contribution in [0.2, 0.25) is 5.02 Å². The van der Waals surface area contributed by atoms with Crippen LogP contribution in [0.25, 0.3) is 0 Å². The Labute approximate surface area is 136 Å². The summed E-state index contributed by atoms with van der Waals surface area (Å²) in [6, 6.07) is 4.70. The predicted molar refractivity (Wildman–Crippen MR) is 84.3 cm³/mol. The van der Waals surface area contributed by atoms with Crippen molar-refractivity contribution in [2.75, 3.05) is 19.7 Å². The van der Waals surface area contributed by atoms with Gasteiger partial charge in [-0.05, 0) is 50.5 Å². The summed E-state index contributed by atoms with van der Waals surface area (Å²) in [5, 5.41) is 0.500. The van der Waals surface area contributed by atoms with Crippen LogP contribution >= 0.6 is 11.6 Å². The maximum Gasteiger partial charge on any atom is 0.310 e. The van der Waals surface area contributed by atoms with Crippen molar-refractivity contribution >= 4 is 27.6 Å². The topological polar surface area (TPSA) is 63.7 Å². The molecule has 22 heavy (non-hydrogen) atoms. The summed E-state index contributed by atoms with van der Waals surface area (Å²) in [5.41, 5.74) is 0.603. The molecule has 1 unspecified atom stereocenters. The lowest BCUT2D eigenvalue weighted by Crippen LogP contribution is -2.42. The van der Waals surface area contributed by atoms with Gasteiger partial charge in [-0.3, -0.25) is 4.79 Å². The second kappa shape index (κ2) is 6.98. The lowest BCUT2D eigenvalue weighted by Gasteiger charge is -2.31. The van der Waals surface area contributed by atoms with Crippen LogP contribution in [0.15, 0.2) is 23.1 Å². The Hall–Kier alpha value is -1.11. The summed E-state index contributed by atoms with van der Waals surface area (Å²) in [6.07, 6.45) is 1.31. The van der Waals surface area contributed by atoms with Crippen molar-refractivity contribution in [3.05, 3.63) is 28.8 Å². The SMILES string of the molecule is CCOC(=O)C1CCCN(S(=O)(=O)c2ccc(Cl)cc2C)C1. The van der Waals surface area contributed by atoms with Crippen molar-refractivity contribution in [3.8, 4) is 0 Å².